The summed E-state index contributed by atoms with van der Waals surface area (Å²) in [6, 6.07) is 10.9. The third kappa shape index (κ3) is 5.67. The lowest BCUT2D eigenvalue weighted by Gasteiger charge is -2.05. The van der Waals surface area contributed by atoms with Crippen molar-refractivity contribution < 1.29 is 14.3 Å². The van der Waals surface area contributed by atoms with Crippen LogP contribution in [0.1, 0.15) is 9.67 Å². The fourth-order valence-electron chi connectivity index (χ4n) is 1.88. The molecule has 0 saturated carbocycles. The molecule has 11 heteroatoms. The second-order valence-corrected chi connectivity index (χ2v) is 8.14. The van der Waals surface area contributed by atoms with Crippen LogP contribution in [-0.4, -0.2) is 34.9 Å². The van der Waals surface area contributed by atoms with Gasteiger partial charge in [0.15, 0.2) is 4.34 Å². The first-order valence-corrected chi connectivity index (χ1v) is 10.3. The molecule has 0 saturated heterocycles. The third-order valence-corrected chi connectivity index (χ3v) is 5.98. The van der Waals surface area contributed by atoms with Crippen molar-refractivity contribution in [2.75, 3.05) is 18.2 Å². The van der Waals surface area contributed by atoms with Crippen molar-refractivity contribution in [3.63, 3.8) is 0 Å². The van der Waals surface area contributed by atoms with Crippen molar-refractivity contribution in [2.24, 2.45) is 0 Å². The van der Waals surface area contributed by atoms with E-state index in [4.69, 9.17) is 4.74 Å². The average Bonchev–Trinajstić information content (AvgIpc) is 3.37. The van der Waals surface area contributed by atoms with Crippen molar-refractivity contribution in [1.29, 1.82) is 0 Å². The van der Waals surface area contributed by atoms with Gasteiger partial charge in [-0.15, -0.1) is 21.5 Å². The summed E-state index contributed by atoms with van der Waals surface area (Å²) in [5.74, 6) is 0.211. The second kappa shape index (κ2) is 9.35. The second-order valence-electron chi connectivity index (χ2n) is 4.99. The zero-order chi connectivity index (χ0) is 19.1. The van der Waals surface area contributed by atoms with Crippen molar-refractivity contribution in [3.8, 4) is 5.75 Å². The molecule has 0 aliphatic heterocycles. The van der Waals surface area contributed by atoms with Crippen LogP contribution in [0.4, 0.5) is 10.8 Å². The van der Waals surface area contributed by atoms with Gasteiger partial charge in [0.1, 0.15) is 5.75 Å². The molecule has 3 aromatic rings. The Morgan fingerprint density at radius 3 is 2.67 bits per heavy atom. The Bertz CT molecular complexity index is 896. The smallest absolute Gasteiger partial charge is 0.279 e. The molecule has 0 aliphatic carbocycles. The number of hydrogen-bond acceptors (Lipinski definition) is 9. The first kappa shape index (κ1) is 19.1. The number of carbonyl (C=O) groups excluding carboxylic acids is 2. The van der Waals surface area contributed by atoms with Gasteiger partial charge in [-0.1, -0.05) is 29.2 Å². The number of benzene rings is 1. The molecule has 27 heavy (non-hydrogen) atoms. The van der Waals surface area contributed by atoms with E-state index in [1.807, 2.05) is 24.3 Å². The highest BCUT2D eigenvalue weighted by Gasteiger charge is 2.11. The number of anilines is 2. The lowest BCUT2D eigenvalue weighted by atomic mass is 10.3. The summed E-state index contributed by atoms with van der Waals surface area (Å²) in [4.78, 5) is 24.1. The predicted octanol–water partition coefficient (Wildman–Crippen LogP) is 2.91. The van der Waals surface area contributed by atoms with Crippen LogP contribution < -0.4 is 20.9 Å². The average molecular weight is 422 g/mol. The van der Waals surface area contributed by atoms with Gasteiger partial charge in [0.2, 0.25) is 11.0 Å². The largest absolute Gasteiger partial charge is 0.497 e. The molecule has 2 aromatic heterocycles. The molecule has 1 aromatic carbocycles. The molecule has 2 heterocycles. The van der Waals surface area contributed by atoms with E-state index in [1.165, 1.54) is 34.4 Å². The molecule has 0 bridgehead atoms. The summed E-state index contributed by atoms with van der Waals surface area (Å²) in [7, 11) is 1.61. The van der Waals surface area contributed by atoms with Crippen LogP contribution in [0.2, 0.25) is 0 Å². The minimum atomic E-state index is -0.342. The number of thiophene rings is 1. The van der Waals surface area contributed by atoms with Crippen LogP contribution in [0.15, 0.2) is 46.1 Å². The maximum Gasteiger partial charge on any atom is 0.279 e. The quantitative estimate of drug-likeness (QED) is 0.398. The van der Waals surface area contributed by atoms with E-state index in [1.54, 1.807) is 24.6 Å². The lowest BCUT2D eigenvalue weighted by Crippen LogP contribution is -2.42. The van der Waals surface area contributed by atoms with Crippen molar-refractivity contribution in [3.05, 3.63) is 46.7 Å². The molecule has 0 radical (unpaired) electrons. The molecular weight excluding hydrogens is 406 g/mol. The van der Waals surface area contributed by atoms with Gasteiger partial charge in [0, 0.05) is 5.69 Å². The molecule has 8 nitrogen and oxygen atoms in total. The SMILES string of the molecule is COc1ccc(Nc2nnc(SCC(=O)NNC(=O)c3cccs3)s2)cc1. The van der Waals surface area contributed by atoms with E-state index in [0.29, 0.717) is 14.3 Å². The molecule has 140 valence electrons. The third-order valence-electron chi connectivity index (χ3n) is 3.13. The molecule has 0 spiro atoms. The number of methoxy groups -OCH3 is 1. The van der Waals surface area contributed by atoms with Crippen molar-refractivity contribution in [2.45, 2.75) is 4.34 Å². The van der Waals surface area contributed by atoms with Gasteiger partial charge in [0.25, 0.3) is 5.91 Å². The summed E-state index contributed by atoms with van der Waals surface area (Å²) in [5, 5.41) is 13.6. The first-order chi connectivity index (χ1) is 13.1. The van der Waals surface area contributed by atoms with Crippen LogP contribution in [0.5, 0.6) is 5.75 Å². The number of nitrogens with zero attached hydrogens (tertiary/aromatic N) is 2. The normalized spacial score (nSPS) is 10.3. The Hall–Kier alpha value is -2.63. The van der Waals surface area contributed by atoms with Crippen molar-refractivity contribution >= 4 is 57.1 Å². The highest BCUT2D eigenvalue weighted by Crippen LogP contribution is 2.28. The highest BCUT2D eigenvalue weighted by molar-refractivity contribution is 8.01. The monoisotopic (exact) mass is 421 g/mol. The summed E-state index contributed by atoms with van der Waals surface area (Å²) in [6.07, 6.45) is 0. The van der Waals surface area contributed by atoms with Gasteiger partial charge in [0.05, 0.1) is 17.7 Å². The molecule has 3 rings (SSSR count). The standard InChI is InChI=1S/C16H15N5O3S3/c1-24-11-6-4-10(5-7-11)17-15-20-21-16(27-15)26-9-13(22)18-19-14(23)12-3-2-8-25-12/h2-8H,9H2,1H3,(H,17,20)(H,18,22)(H,19,23). The number of aromatic nitrogens is 2. The van der Waals surface area contributed by atoms with Gasteiger partial charge in [-0.3, -0.25) is 20.4 Å². The highest BCUT2D eigenvalue weighted by atomic mass is 32.2. The maximum atomic E-state index is 11.8. The number of amides is 2. The van der Waals surface area contributed by atoms with Crippen LogP contribution in [0, 0.1) is 0 Å². The Morgan fingerprint density at radius 2 is 1.96 bits per heavy atom. The number of rotatable bonds is 7. The number of thioether (sulfide) groups is 1. The molecule has 0 fully saturated rings. The predicted molar refractivity (Wildman–Crippen MR) is 107 cm³/mol. The maximum absolute atomic E-state index is 11.8. The van der Waals surface area contributed by atoms with E-state index in [9.17, 15) is 9.59 Å². The molecule has 0 unspecified atom stereocenters. The Kier molecular flexibility index (Phi) is 6.63. The molecular formula is C16H15N5O3S3. The molecule has 0 aliphatic rings. The Morgan fingerprint density at radius 1 is 1.15 bits per heavy atom. The minimum Gasteiger partial charge on any atom is -0.497 e. The van der Waals surface area contributed by atoms with Gasteiger partial charge in [-0.25, -0.2) is 0 Å². The lowest BCUT2D eigenvalue weighted by molar-refractivity contribution is -0.119. The van der Waals surface area contributed by atoms with Crippen LogP contribution >= 0.6 is 34.4 Å². The van der Waals surface area contributed by atoms with Crippen LogP contribution in [-0.2, 0) is 4.79 Å². The first-order valence-electron chi connectivity index (χ1n) is 7.64. The van der Waals surface area contributed by atoms with Gasteiger partial charge < -0.3 is 10.1 Å². The number of hydrazine groups is 1. The van der Waals surface area contributed by atoms with E-state index in [2.05, 4.69) is 26.4 Å². The van der Waals surface area contributed by atoms with E-state index >= 15 is 0 Å². The topological polar surface area (TPSA) is 105 Å². The number of ether oxygens (including phenoxy) is 1. The number of carbonyl (C=O) groups is 2. The summed E-state index contributed by atoms with van der Waals surface area (Å²) < 4.78 is 5.76. The molecule has 2 amide bonds. The Labute approximate surface area is 167 Å². The summed E-state index contributed by atoms with van der Waals surface area (Å²) in [6.45, 7) is 0. The van der Waals surface area contributed by atoms with Crippen LogP contribution in [0.3, 0.4) is 0 Å². The summed E-state index contributed by atoms with van der Waals surface area (Å²) >= 11 is 3.87. The van der Waals surface area contributed by atoms with Crippen LogP contribution in [0.25, 0.3) is 0 Å². The number of hydrogen-bond donors (Lipinski definition) is 3. The minimum absolute atomic E-state index is 0.113. The zero-order valence-electron chi connectivity index (χ0n) is 14.1. The van der Waals surface area contributed by atoms with Gasteiger partial charge in [-0.2, -0.15) is 0 Å². The van der Waals surface area contributed by atoms with E-state index in [0.717, 1.165) is 11.4 Å². The van der Waals surface area contributed by atoms with E-state index in [-0.39, 0.29) is 17.6 Å². The molecule has 3 N–H and O–H groups in total. The summed E-state index contributed by atoms with van der Waals surface area (Å²) in [5.41, 5.74) is 5.61. The fraction of sp³-hybridized carbons (Fsp3) is 0.125. The van der Waals surface area contributed by atoms with Crippen molar-refractivity contribution in [1.82, 2.24) is 21.0 Å². The van der Waals surface area contributed by atoms with Gasteiger partial charge >= 0.3 is 0 Å². The van der Waals surface area contributed by atoms with Gasteiger partial charge in [-0.05, 0) is 35.7 Å². The Balaban J connectivity index is 1.43. The fourth-order valence-corrected chi connectivity index (χ4v) is 4.07. The van der Waals surface area contributed by atoms with E-state index < -0.39 is 0 Å². The molecule has 0 atom stereocenters. The number of nitrogens with one attached hydrogen (secondary N) is 3. The zero-order valence-corrected chi connectivity index (χ0v) is 16.5.